The van der Waals surface area contributed by atoms with E-state index in [1.165, 1.54) is 6.42 Å². The van der Waals surface area contributed by atoms with E-state index in [0.717, 1.165) is 36.0 Å². The number of urea groups is 1. The van der Waals surface area contributed by atoms with Gasteiger partial charge < -0.3 is 10.2 Å². The number of rotatable bonds is 2. The minimum atomic E-state index is 0.0599. The average molecular weight is 297 g/mol. The number of carbonyl (C=O) groups excluding carboxylic acids is 1. The van der Waals surface area contributed by atoms with Crippen LogP contribution in [0.15, 0.2) is 28.7 Å². The summed E-state index contributed by atoms with van der Waals surface area (Å²) in [6, 6.07) is 8.06. The van der Waals surface area contributed by atoms with Crippen molar-refractivity contribution in [2.75, 3.05) is 13.1 Å². The Morgan fingerprint density at radius 2 is 2.06 bits per heavy atom. The van der Waals surface area contributed by atoms with Gasteiger partial charge >= 0.3 is 6.03 Å². The van der Waals surface area contributed by atoms with Gasteiger partial charge in [-0.2, -0.15) is 0 Å². The number of hydrogen-bond donors (Lipinski definition) is 1. The van der Waals surface area contributed by atoms with Gasteiger partial charge in [0.2, 0.25) is 0 Å². The predicted octanol–water partition coefficient (Wildman–Crippen LogP) is 3.14. The van der Waals surface area contributed by atoms with Gasteiger partial charge in [-0.25, -0.2) is 4.79 Å². The standard InChI is InChI=1S/C13H17BrN2O/c14-12-6-4-5-11(9-12)10-15-13(17)16-7-2-1-3-8-16/h4-6,9H,1-3,7-8,10H2,(H,15,17). The average Bonchev–Trinajstić information content (AvgIpc) is 2.37. The van der Waals surface area contributed by atoms with Gasteiger partial charge in [-0.3, -0.25) is 0 Å². The third kappa shape index (κ3) is 3.73. The lowest BCUT2D eigenvalue weighted by Crippen LogP contribution is -2.42. The molecule has 0 radical (unpaired) electrons. The van der Waals surface area contributed by atoms with Crippen LogP contribution in [0.4, 0.5) is 4.79 Å². The normalized spacial score (nSPS) is 15.7. The molecule has 4 heteroatoms. The highest BCUT2D eigenvalue weighted by molar-refractivity contribution is 9.10. The second-order valence-electron chi connectivity index (χ2n) is 4.34. The van der Waals surface area contributed by atoms with Crippen LogP contribution >= 0.6 is 15.9 Å². The Balaban J connectivity index is 1.83. The zero-order chi connectivity index (χ0) is 12.1. The third-order valence-electron chi connectivity index (χ3n) is 2.98. The van der Waals surface area contributed by atoms with Gasteiger partial charge in [-0.1, -0.05) is 28.1 Å². The van der Waals surface area contributed by atoms with Gasteiger partial charge in [-0.15, -0.1) is 0 Å². The molecule has 17 heavy (non-hydrogen) atoms. The van der Waals surface area contributed by atoms with Crippen LogP contribution in [0, 0.1) is 0 Å². The summed E-state index contributed by atoms with van der Waals surface area (Å²) in [7, 11) is 0. The Bertz CT molecular complexity index is 389. The molecule has 92 valence electrons. The highest BCUT2D eigenvalue weighted by atomic mass is 79.9. The first-order valence-corrected chi connectivity index (χ1v) is 6.82. The van der Waals surface area contributed by atoms with Crippen molar-refractivity contribution in [3.8, 4) is 0 Å². The first kappa shape index (κ1) is 12.4. The summed E-state index contributed by atoms with van der Waals surface area (Å²) in [5.74, 6) is 0. The second-order valence-corrected chi connectivity index (χ2v) is 5.25. The maximum Gasteiger partial charge on any atom is 0.317 e. The Morgan fingerprint density at radius 1 is 1.29 bits per heavy atom. The Kier molecular flexibility index (Phi) is 4.42. The molecule has 3 nitrogen and oxygen atoms in total. The van der Waals surface area contributed by atoms with Gasteiger partial charge in [-0.05, 0) is 37.0 Å². The van der Waals surface area contributed by atoms with Crippen LogP contribution in [0.3, 0.4) is 0 Å². The van der Waals surface area contributed by atoms with Crippen LogP contribution < -0.4 is 5.32 Å². The van der Waals surface area contributed by atoms with Crippen molar-refractivity contribution >= 4 is 22.0 Å². The van der Waals surface area contributed by atoms with Crippen molar-refractivity contribution in [1.82, 2.24) is 10.2 Å². The first-order chi connectivity index (χ1) is 8.25. The van der Waals surface area contributed by atoms with E-state index in [4.69, 9.17) is 0 Å². The Labute approximate surface area is 110 Å². The number of likely N-dealkylation sites (tertiary alicyclic amines) is 1. The van der Waals surface area contributed by atoms with Crippen LogP contribution in [0.1, 0.15) is 24.8 Å². The number of piperidine rings is 1. The molecule has 2 amide bonds. The van der Waals surface area contributed by atoms with Crippen molar-refractivity contribution < 1.29 is 4.79 Å². The van der Waals surface area contributed by atoms with Crippen LogP contribution in [0.2, 0.25) is 0 Å². The molecule has 1 fully saturated rings. The fraction of sp³-hybridized carbons (Fsp3) is 0.462. The SMILES string of the molecule is O=C(NCc1cccc(Br)c1)N1CCCCC1. The molecule has 0 bridgehead atoms. The molecule has 0 unspecified atom stereocenters. The Hall–Kier alpha value is -1.03. The predicted molar refractivity (Wildman–Crippen MR) is 71.8 cm³/mol. The van der Waals surface area contributed by atoms with Gasteiger partial charge in [0.05, 0.1) is 0 Å². The van der Waals surface area contributed by atoms with Gasteiger partial charge in [0, 0.05) is 24.1 Å². The van der Waals surface area contributed by atoms with Crippen LogP contribution in [0.25, 0.3) is 0 Å². The molecule has 2 rings (SSSR count). The molecule has 1 aromatic carbocycles. The van der Waals surface area contributed by atoms with E-state index in [0.29, 0.717) is 6.54 Å². The van der Waals surface area contributed by atoms with Gasteiger partial charge in [0.15, 0.2) is 0 Å². The molecule has 1 N–H and O–H groups in total. The monoisotopic (exact) mass is 296 g/mol. The molecule has 1 heterocycles. The third-order valence-corrected chi connectivity index (χ3v) is 3.47. The van der Waals surface area contributed by atoms with E-state index in [1.807, 2.05) is 29.2 Å². The summed E-state index contributed by atoms with van der Waals surface area (Å²) >= 11 is 3.42. The minimum Gasteiger partial charge on any atom is -0.334 e. The number of hydrogen-bond acceptors (Lipinski definition) is 1. The lowest BCUT2D eigenvalue weighted by Gasteiger charge is -2.26. The van der Waals surface area contributed by atoms with Crippen molar-refractivity contribution in [1.29, 1.82) is 0 Å². The van der Waals surface area contributed by atoms with E-state index in [2.05, 4.69) is 21.2 Å². The first-order valence-electron chi connectivity index (χ1n) is 6.03. The van der Waals surface area contributed by atoms with Crippen LogP contribution in [-0.2, 0) is 6.54 Å². The highest BCUT2D eigenvalue weighted by Crippen LogP contribution is 2.12. The number of amides is 2. The largest absolute Gasteiger partial charge is 0.334 e. The zero-order valence-corrected chi connectivity index (χ0v) is 11.4. The summed E-state index contributed by atoms with van der Waals surface area (Å²) in [5, 5.41) is 2.96. The number of carbonyl (C=O) groups is 1. The maximum absolute atomic E-state index is 11.9. The molecule has 0 atom stereocenters. The number of nitrogens with zero attached hydrogens (tertiary/aromatic N) is 1. The molecule has 1 aromatic rings. The van der Waals surface area contributed by atoms with E-state index in [9.17, 15) is 4.79 Å². The minimum absolute atomic E-state index is 0.0599. The second kappa shape index (κ2) is 6.05. The molecule has 0 saturated carbocycles. The fourth-order valence-corrected chi connectivity index (χ4v) is 2.48. The summed E-state index contributed by atoms with van der Waals surface area (Å²) in [4.78, 5) is 13.8. The highest BCUT2D eigenvalue weighted by Gasteiger charge is 2.15. The molecule has 0 aromatic heterocycles. The number of benzene rings is 1. The van der Waals surface area contributed by atoms with Crippen LogP contribution in [0.5, 0.6) is 0 Å². The lowest BCUT2D eigenvalue weighted by molar-refractivity contribution is 0.186. The van der Waals surface area contributed by atoms with Crippen molar-refractivity contribution in [3.63, 3.8) is 0 Å². The summed E-state index contributed by atoms with van der Waals surface area (Å²) < 4.78 is 1.04. The molecule has 1 aliphatic rings. The summed E-state index contributed by atoms with van der Waals surface area (Å²) in [5.41, 5.74) is 1.12. The van der Waals surface area contributed by atoms with E-state index >= 15 is 0 Å². The van der Waals surface area contributed by atoms with E-state index < -0.39 is 0 Å². The topological polar surface area (TPSA) is 32.3 Å². The Morgan fingerprint density at radius 3 is 2.76 bits per heavy atom. The molecular formula is C13H17BrN2O. The van der Waals surface area contributed by atoms with Crippen LogP contribution in [-0.4, -0.2) is 24.0 Å². The summed E-state index contributed by atoms with van der Waals surface area (Å²) in [6.07, 6.45) is 3.50. The van der Waals surface area contributed by atoms with Crippen molar-refractivity contribution in [2.24, 2.45) is 0 Å². The van der Waals surface area contributed by atoms with Gasteiger partial charge in [0.1, 0.15) is 0 Å². The smallest absolute Gasteiger partial charge is 0.317 e. The number of halogens is 1. The molecule has 0 aliphatic carbocycles. The van der Waals surface area contributed by atoms with E-state index in [-0.39, 0.29) is 6.03 Å². The van der Waals surface area contributed by atoms with Crippen molar-refractivity contribution in [2.45, 2.75) is 25.8 Å². The molecule has 1 aliphatic heterocycles. The van der Waals surface area contributed by atoms with E-state index in [1.54, 1.807) is 0 Å². The molecular weight excluding hydrogens is 280 g/mol. The fourth-order valence-electron chi connectivity index (χ4n) is 2.03. The number of nitrogens with one attached hydrogen (secondary N) is 1. The molecule has 0 spiro atoms. The molecule has 1 saturated heterocycles. The zero-order valence-electron chi connectivity index (χ0n) is 9.79. The summed E-state index contributed by atoms with van der Waals surface area (Å²) in [6.45, 7) is 2.38. The van der Waals surface area contributed by atoms with Gasteiger partial charge in [0.25, 0.3) is 0 Å². The quantitative estimate of drug-likeness (QED) is 0.893. The maximum atomic E-state index is 11.9. The lowest BCUT2D eigenvalue weighted by atomic mass is 10.1. The van der Waals surface area contributed by atoms with Crippen molar-refractivity contribution in [3.05, 3.63) is 34.3 Å².